The third kappa shape index (κ3) is 4.86. The predicted molar refractivity (Wildman–Crippen MR) is 119 cm³/mol. The number of benzene rings is 2. The highest BCUT2D eigenvalue weighted by Gasteiger charge is 2.36. The molecule has 0 aromatic heterocycles. The van der Waals surface area contributed by atoms with Gasteiger partial charge in [-0.2, -0.15) is 0 Å². The molecule has 1 heterocycles. The van der Waals surface area contributed by atoms with Gasteiger partial charge in [-0.1, -0.05) is 67.3 Å². The van der Waals surface area contributed by atoms with Crippen molar-refractivity contribution in [3.8, 4) is 0 Å². The summed E-state index contributed by atoms with van der Waals surface area (Å²) in [4.78, 5) is 27.5. The number of carbonyl (C=O) groups is 2. The first kappa shape index (κ1) is 20.9. The smallest absolute Gasteiger partial charge is 0.251 e. The molecule has 5 heteroatoms. The van der Waals surface area contributed by atoms with Crippen LogP contribution in [0.15, 0.2) is 48.5 Å². The average molecular weight is 425 g/mol. The number of halogens is 1. The number of nitrogens with zero attached hydrogens (tertiary/aromatic N) is 1. The molecule has 2 aliphatic rings. The highest BCUT2D eigenvalue weighted by molar-refractivity contribution is 6.31. The van der Waals surface area contributed by atoms with Crippen LogP contribution in [-0.4, -0.2) is 29.3 Å². The number of rotatable bonds is 6. The van der Waals surface area contributed by atoms with Gasteiger partial charge in [-0.25, -0.2) is 0 Å². The van der Waals surface area contributed by atoms with E-state index >= 15 is 0 Å². The van der Waals surface area contributed by atoms with Gasteiger partial charge in [-0.15, -0.1) is 0 Å². The number of likely N-dealkylation sites (tertiary alicyclic amines) is 1. The van der Waals surface area contributed by atoms with Crippen LogP contribution in [0.2, 0.25) is 5.02 Å². The molecule has 0 radical (unpaired) electrons. The molecule has 1 aliphatic carbocycles. The van der Waals surface area contributed by atoms with Crippen molar-refractivity contribution in [3.05, 3.63) is 70.2 Å². The Kier molecular flexibility index (Phi) is 6.73. The van der Waals surface area contributed by atoms with Gasteiger partial charge in [-0.05, 0) is 48.9 Å². The fourth-order valence-corrected chi connectivity index (χ4v) is 4.97. The van der Waals surface area contributed by atoms with Gasteiger partial charge in [0.15, 0.2) is 0 Å². The third-order valence-electron chi connectivity index (χ3n) is 6.44. The summed E-state index contributed by atoms with van der Waals surface area (Å²) < 4.78 is 0. The summed E-state index contributed by atoms with van der Waals surface area (Å²) in [7, 11) is 0. The summed E-state index contributed by atoms with van der Waals surface area (Å²) in [5.74, 6) is 0.137. The highest BCUT2D eigenvalue weighted by Crippen LogP contribution is 2.31. The van der Waals surface area contributed by atoms with Gasteiger partial charge in [0.25, 0.3) is 5.91 Å². The average Bonchev–Trinajstić information content (AvgIpc) is 3.15. The van der Waals surface area contributed by atoms with E-state index < -0.39 is 0 Å². The third-order valence-corrected chi connectivity index (χ3v) is 6.80. The second kappa shape index (κ2) is 9.65. The van der Waals surface area contributed by atoms with Gasteiger partial charge < -0.3 is 10.2 Å². The first-order valence-electron chi connectivity index (χ1n) is 11.0. The molecule has 4 rings (SSSR count). The zero-order valence-electron chi connectivity index (χ0n) is 17.3. The fourth-order valence-electron chi connectivity index (χ4n) is 4.71. The standard InChI is InChI=1S/C25H29ClN2O2/c26-23-16-20(24(29)27-17-18-7-3-1-4-8-18)12-11-19(23)15-21-13-14-28(25(21)30)22-9-5-2-6-10-22/h1,3-4,7-8,11-12,16,21-22H,2,5-6,9-10,13-15,17H2,(H,27,29). The van der Waals surface area contributed by atoms with E-state index in [2.05, 4.69) is 10.2 Å². The van der Waals surface area contributed by atoms with Crippen LogP contribution in [0.5, 0.6) is 0 Å². The van der Waals surface area contributed by atoms with E-state index in [9.17, 15) is 9.59 Å². The quantitative estimate of drug-likeness (QED) is 0.709. The summed E-state index contributed by atoms with van der Waals surface area (Å²) in [5, 5.41) is 3.49. The van der Waals surface area contributed by atoms with Crippen LogP contribution in [0.4, 0.5) is 0 Å². The molecule has 158 valence electrons. The molecule has 2 fully saturated rings. The normalized spacial score (nSPS) is 19.8. The molecule has 2 aromatic rings. The lowest BCUT2D eigenvalue weighted by Crippen LogP contribution is -2.39. The zero-order valence-corrected chi connectivity index (χ0v) is 18.0. The Morgan fingerprint density at radius 1 is 1.03 bits per heavy atom. The number of carbonyl (C=O) groups excluding carboxylic acids is 2. The van der Waals surface area contributed by atoms with Crippen molar-refractivity contribution in [3.63, 3.8) is 0 Å². The minimum Gasteiger partial charge on any atom is -0.348 e. The van der Waals surface area contributed by atoms with Crippen LogP contribution in [0.3, 0.4) is 0 Å². The van der Waals surface area contributed by atoms with Crippen molar-refractivity contribution < 1.29 is 9.59 Å². The number of hydrogen-bond donors (Lipinski definition) is 1. The number of hydrogen-bond acceptors (Lipinski definition) is 2. The van der Waals surface area contributed by atoms with Crippen molar-refractivity contribution in [2.75, 3.05) is 6.54 Å². The van der Waals surface area contributed by atoms with Gasteiger partial charge in [0.1, 0.15) is 0 Å². The van der Waals surface area contributed by atoms with Crippen LogP contribution in [0, 0.1) is 5.92 Å². The molecule has 1 saturated heterocycles. The minimum absolute atomic E-state index is 0.00202. The number of nitrogens with one attached hydrogen (secondary N) is 1. The molecule has 4 nitrogen and oxygen atoms in total. The van der Waals surface area contributed by atoms with Crippen LogP contribution < -0.4 is 5.32 Å². The Bertz CT molecular complexity index is 893. The maximum Gasteiger partial charge on any atom is 0.251 e. The van der Waals surface area contributed by atoms with E-state index in [1.807, 2.05) is 36.4 Å². The maximum atomic E-state index is 12.9. The Morgan fingerprint density at radius 3 is 2.53 bits per heavy atom. The summed E-state index contributed by atoms with van der Waals surface area (Å²) >= 11 is 6.50. The molecule has 2 amide bonds. The molecule has 1 N–H and O–H groups in total. The lowest BCUT2D eigenvalue weighted by molar-refractivity contribution is -0.133. The van der Waals surface area contributed by atoms with E-state index in [-0.39, 0.29) is 17.7 Å². The van der Waals surface area contributed by atoms with Gasteiger partial charge >= 0.3 is 0 Å². The van der Waals surface area contributed by atoms with Gasteiger partial charge in [-0.3, -0.25) is 9.59 Å². The summed E-state index contributed by atoms with van der Waals surface area (Å²) in [5.41, 5.74) is 2.54. The Morgan fingerprint density at radius 2 is 1.80 bits per heavy atom. The lowest BCUT2D eigenvalue weighted by atomic mass is 9.94. The Labute approximate surface area is 183 Å². The first-order chi connectivity index (χ1) is 14.6. The Hall–Kier alpha value is -2.33. The molecule has 2 aromatic carbocycles. The van der Waals surface area contributed by atoms with E-state index in [0.29, 0.717) is 29.6 Å². The summed E-state index contributed by atoms with van der Waals surface area (Å²) in [6.07, 6.45) is 7.59. The van der Waals surface area contributed by atoms with Crippen LogP contribution in [0.25, 0.3) is 0 Å². The largest absolute Gasteiger partial charge is 0.348 e. The monoisotopic (exact) mass is 424 g/mol. The van der Waals surface area contributed by atoms with Crippen LogP contribution in [0.1, 0.15) is 60.0 Å². The lowest BCUT2D eigenvalue weighted by Gasteiger charge is -2.31. The first-order valence-corrected chi connectivity index (χ1v) is 11.4. The molecule has 0 spiro atoms. The molecular formula is C25H29ClN2O2. The van der Waals surface area contributed by atoms with E-state index in [4.69, 9.17) is 11.6 Å². The van der Waals surface area contributed by atoms with E-state index in [1.165, 1.54) is 19.3 Å². The Balaban J connectivity index is 1.35. The predicted octanol–water partition coefficient (Wildman–Crippen LogP) is 4.99. The molecule has 0 bridgehead atoms. The van der Waals surface area contributed by atoms with Crippen molar-refractivity contribution in [1.29, 1.82) is 0 Å². The highest BCUT2D eigenvalue weighted by atomic mass is 35.5. The van der Waals surface area contributed by atoms with Gasteiger partial charge in [0.2, 0.25) is 5.91 Å². The minimum atomic E-state index is -0.146. The van der Waals surface area contributed by atoms with Gasteiger partial charge in [0.05, 0.1) is 0 Å². The van der Waals surface area contributed by atoms with Crippen molar-refractivity contribution in [1.82, 2.24) is 10.2 Å². The molecule has 1 atom stereocenters. The zero-order chi connectivity index (χ0) is 20.9. The SMILES string of the molecule is O=C(NCc1ccccc1)c1ccc(CC2CCN(C3CCCCC3)C2=O)c(Cl)c1. The number of amides is 2. The van der Waals surface area contributed by atoms with E-state index in [1.54, 1.807) is 12.1 Å². The van der Waals surface area contributed by atoms with E-state index in [0.717, 1.165) is 36.9 Å². The van der Waals surface area contributed by atoms with Crippen LogP contribution in [-0.2, 0) is 17.8 Å². The van der Waals surface area contributed by atoms with Gasteiger partial charge in [0, 0.05) is 35.6 Å². The van der Waals surface area contributed by atoms with Crippen molar-refractivity contribution in [2.45, 2.75) is 57.5 Å². The molecule has 30 heavy (non-hydrogen) atoms. The van der Waals surface area contributed by atoms with Crippen LogP contribution >= 0.6 is 11.6 Å². The van der Waals surface area contributed by atoms with Crippen molar-refractivity contribution in [2.24, 2.45) is 5.92 Å². The fraction of sp³-hybridized carbons (Fsp3) is 0.440. The maximum absolute atomic E-state index is 12.9. The second-order valence-corrected chi connectivity index (χ2v) is 8.89. The summed E-state index contributed by atoms with van der Waals surface area (Å²) in [6.45, 7) is 1.35. The molecule has 1 saturated carbocycles. The summed E-state index contributed by atoms with van der Waals surface area (Å²) in [6, 6.07) is 15.7. The van der Waals surface area contributed by atoms with Crippen molar-refractivity contribution >= 4 is 23.4 Å². The molecule has 1 aliphatic heterocycles. The topological polar surface area (TPSA) is 49.4 Å². The molecular weight excluding hydrogens is 396 g/mol. The molecule has 1 unspecified atom stereocenters. The second-order valence-electron chi connectivity index (χ2n) is 8.49.